The van der Waals surface area contributed by atoms with E-state index in [9.17, 15) is 14.4 Å². The zero-order chi connectivity index (χ0) is 13.4. The molecule has 0 atom stereocenters. The molecule has 0 aliphatic rings. The van der Waals surface area contributed by atoms with E-state index in [1.165, 1.54) is 6.92 Å². The lowest BCUT2D eigenvalue weighted by Gasteiger charge is -2.08. The molecule has 0 aromatic heterocycles. The molecule has 6 nitrogen and oxygen atoms in total. The monoisotopic (exact) mass is 243 g/mol. The van der Waals surface area contributed by atoms with Gasteiger partial charge in [0.05, 0.1) is 12.2 Å². The van der Waals surface area contributed by atoms with Crippen LogP contribution in [-0.4, -0.2) is 29.6 Å². The largest absolute Gasteiger partial charge is 0.478 e. The van der Waals surface area contributed by atoms with Crippen LogP contribution in [0, 0.1) is 0 Å². The summed E-state index contributed by atoms with van der Waals surface area (Å²) in [6.07, 6.45) is -0.122. The van der Waals surface area contributed by atoms with E-state index in [2.05, 4.69) is 10.1 Å². The molecular weight excluding hydrogens is 226 g/mol. The summed E-state index contributed by atoms with van der Waals surface area (Å²) in [5, 5.41) is 11.2. The first-order valence-electron chi connectivity index (χ1n) is 5.30. The predicted molar refractivity (Wildman–Crippen MR) is 60.0 cm³/mol. The molecule has 0 fully saturated rings. The zero-order valence-corrected chi connectivity index (χ0v) is 10.2. The van der Waals surface area contributed by atoms with Crippen LogP contribution in [0.3, 0.4) is 0 Å². The molecular formula is C11H17NO5. The lowest BCUT2D eigenvalue weighted by atomic mass is 10.1. The predicted octanol–water partition coefficient (Wildman–Crippen LogP) is 0.824. The summed E-state index contributed by atoms with van der Waals surface area (Å²) in [6.45, 7) is 5.00. The average molecular weight is 243 g/mol. The van der Waals surface area contributed by atoms with Gasteiger partial charge in [-0.15, -0.1) is 0 Å². The van der Waals surface area contributed by atoms with E-state index in [1.54, 1.807) is 13.8 Å². The number of hydrogen-bond acceptors (Lipinski definition) is 4. The Kier molecular flexibility index (Phi) is 6.62. The van der Waals surface area contributed by atoms with E-state index < -0.39 is 24.3 Å². The normalized spacial score (nSPS) is 11.5. The van der Waals surface area contributed by atoms with Crippen molar-refractivity contribution in [2.45, 2.75) is 33.6 Å². The molecule has 17 heavy (non-hydrogen) atoms. The molecule has 0 heterocycles. The molecule has 0 rings (SSSR count). The van der Waals surface area contributed by atoms with E-state index in [0.717, 1.165) is 0 Å². The summed E-state index contributed by atoms with van der Waals surface area (Å²) in [6, 6.07) is 0. The molecule has 6 heteroatoms. The molecule has 0 aromatic carbocycles. The highest BCUT2D eigenvalue weighted by Gasteiger charge is 2.14. The number of carbonyl (C=O) groups is 3. The maximum atomic E-state index is 11.3. The van der Waals surface area contributed by atoms with Crippen LogP contribution in [0.1, 0.15) is 33.6 Å². The fourth-order valence-electron chi connectivity index (χ4n) is 1.25. The van der Waals surface area contributed by atoms with Crippen LogP contribution in [0.2, 0.25) is 0 Å². The van der Waals surface area contributed by atoms with Gasteiger partial charge in [0.25, 0.3) is 0 Å². The first-order chi connectivity index (χ1) is 7.92. The number of hydrogen-bond donors (Lipinski definition) is 2. The maximum absolute atomic E-state index is 11.3. The topological polar surface area (TPSA) is 92.7 Å². The van der Waals surface area contributed by atoms with E-state index in [4.69, 9.17) is 5.11 Å². The average Bonchev–Trinajstić information content (AvgIpc) is 2.17. The quantitative estimate of drug-likeness (QED) is 0.409. The number of rotatable bonds is 6. The Morgan fingerprint density at radius 3 is 2.24 bits per heavy atom. The number of aliphatic carboxylic acids is 1. The molecule has 0 aliphatic heterocycles. The van der Waals surface area contributed by atoms with Crippen molar-refractivity contribution in [3.63, 3.8) is 0 Å². The molecule has 0 saturated carbocycles. The maximum Gasteiger partial charge on any atom is 0.333 e. The third-order valence-corrected chi connectivity index (χ3v) is 2.00. The summed E-state index contributed by atoms with van der Waals surface area (Å²) in [5.74, 6) is -2.29. The number of carboxylic acids is 1. The number of ether oxygens (including phenoxy) is 1. The van der Waals surface area contributed by atoms with Crippen LogP contribution in [0.15, 0.2) is 11.3 Å². The van der Waals surface area contributed by atoms with Crippen molar-refractivity contribution in [1.29, 1.82) is 0 Å². The zero-order valence-electron chi connectivity index (χ0n) is 10.2. The highest BCUT2D eigenvalue weighted by molar-refractivity contribution is 5.96. The first kappa shape index (κ1) is 15.2. The minimum atomic E-state index is -1.08. The molecule has 0 bridgehead atoms. The van der Waals surface area contributed by atoms with Gasteiger partial charge in [-0.3, -0.25) is 9.59 Å². The molecule has 0 spiro atoms. The van der Waals surface area contributed by atoms with Crippen molar-refractivity contribution in [3.05, 3.63) is 11.3 Å². The van der Waals surface area contributed by atoms with Crippen molar-refractivity contribution in [3.8, 4) is 0 Å². The van der Waals surface area contributed by atoms with Gasteiger partial charge >= 0.3 is 11.9 Å². The second-order valence-corrected chi connectivity index (χ2v) is 3.29. The third kappa shape index (κ3) is 5.70. The number of carbonyl (C=O) groups excluding carboxylic acids is 2. The fraction of sp³-hybridized carbons (Fsp3) is 0.545. The summed E-state index contributed by atoms with van der Waals surface area (Å²) in [5.41, 5.74) is 0.358. The van der Waals surface area contributed by atoms with Gasteiger partial charge in [0.2, 0.25) is 5.91 Å². The Hall–Kier alpha value is -1.85. The first-order valence-corrected chi connectivity index (χ1v) is 5.30. The van der Waals surface area contributed by atoms with Gasteiger partial charge in [-0.05, 0) is 20.3 Å². The Labute approximate surface area is 99.6 Å². The molecule has 1 amide bonds. The smallest absolute Gasteiger partial charge is 0.333 e. The summed E-state index contributed by atoms with van der Waals surface area (Å²) in [7, 11) is 0. The molecule has 0 aromatic rings. The van der Waals surface area contributed by atoms with Gasteiger partial charge in [0.15, 0.2) is 0 Å². The van der Waals surface area contributed by atoms with Gasteiger partial charge in [-0.2, -0.15) is 0 Å². The minimum absolute atomic E-state index is 0.113. The van der Waals surface area contributed by atoms with Gasteiger partial charge in [0, 0.05) is 5.70 Å². The molecule has 0 radical (unpaired) electrons. The number of nitrogens with one attached hydrogen (secondary N) is 1. The van der Waals surface area contributed by atoms with Gasteiger partial charge < -0.3 is 15.2 Å². The van der Waals surface area contributed by atoms with Crippen molar-refractivity contribution < 1.29 is 24.2 Å². The second kappa shape index (κ2) is 7.43. The van der Waals surface area contributed by atoms with Crippen molar-refractivity contribution in [2.75, 3.05) is 6.61 Å². The Bertz CT molecular complexity index is 346. The minimum Gasteiger partial charge on any atom is -0.478 e. The Morgan fingerprint density at radius 2 is 1.82 bits per heavy atom. The Balaban J connectivity index is 4.47. The highest BCUT2D eigenvalue weighted by Crippen LogP contribution is 2.06. The number of amides is 1. The van der Waals surface area contributed by atoms with E-state index in [-0.39, 0.29) is 17.9 Å². The number of allylic oxidation sites excluding steroid dienone is 1. The van der Waals surface area contributed by atoms with Crippen molar-refractivity contribution in [2.24, 2.45) is 0 Å². The molecule has 0 unspecified atom stereocenters. The second-order valence-electron chi connectivity index (χ2n) is 3.29. The number of carboxylic acid groups (broad SMARTS) is 1. The lowest BCUT2D eigenvalue weighted by Crippen LogP contribution is -2.26. The van der Waals surface area contributed by atoms with Gasteiger partial charge in [-0.25, -0.2) is 4.79 Å². The fourth-order valence-corrected chi connectivity index (χ4v) is 1.25. The van der Waals surface area contributed by atoms with Crippen molar-refractivity contribution >= 4 is 17.8 Å². The Morgan fingerprint density at radius 1 is 1.24 bits per heavy atom. The third-order valence-electron chi connectivity index (χ3n) is 2.00. The van der Waals surface area contributed by atoms with E-state index in [0.29, 0.717) is 6.42 Å². The van der Waals surface area contributed by atoms with E-state index >= 15 is 0 Å². The van der Waals surface area contributed by atoms with Crippen LogP contribution in [0.5, 0.6) is 0 Å². The standard InChI is InChI=1S/C11H17NO5/c1-4-8(11(15)16)7(3)12-9(13)6-10(14)17-5-2/h4-6H2,1-3H3,(H,12,13)(H,15,16)/b8-7-. The van der Waals surface area contributed by atoms with Crippen LogP contribution in [0.4, 0.5) is 0 Å². The molecule has 96 valence electrons. The summed E-state index contributed by atoms with van der Waals surface area (Å²) in [4.78, 5) is 33.1. The molecule has 2 N–H and O–H groups in total. The summed E-state index contributed by atoms with van der Waals surface area (Å²) < 4.78 is 4.60. The van der Waals surface area contributed by atoms with Crippen LogP contribution < -0.4 is 5.32 Å². The highest BCUT2D eigenvalue weighted by atomic mass is 16.5. The van der Waals surface area contributed by atoms with Crippen LogP contribution in [-0.2, 0) is 19.1 Å². The molecule has 0 aliphatic carbocycles. The summed E-state index contributed by atoms with van der Waals surface area (Å²) >= 11 is 0. The SMILES string of the molecule is CCOC(=O)CC(=O)N/C(C)=C(/CC)C(=O)O. The van der Waals surface area contributed by atoms with Crippen LogP contribution in [0.25, 0.3) is 0 Å². The lowest BCUT2D eigenvalue weighted by molar-refractivity contribution is -0.145. The van der Waals surface area contributed by atoms with Gasteiger partial charge in [0.1, 0.15) is 6.42 Å². The van der Waals surface area contributed by atoms with Gasteiger partial charge in [-0.1, -0.05) is 6.92 Å². The van der Waals surface area contributed by atoms with E-state index in [1.807, 2.05) is 0 Å². The van der Waals surface area contributed by atoms with Crippen molar-refractivity contribution in [1.82, 2.24) is 5.32 Å². The number of esters is 1. The van der Waals surface area contributed by atoms with Crippen LogP contribution >= 0.6 is 0 Å². The molecule has 0 saturated heterocycles.